The highest BCUT2D eigenvalue weighted by Gasteiger charge is 2.24. The van der Waals surface area contributed by atoms with Crippen molar-refractivity contribution in [2.45, 2.75) is 19.4 Å². The molecular formula is C22H20O4. The van der Waals surface area contributed by atoms with Crippen molar-refractivity contribution in [2.24, 2.45) is 5.92 Å². The fraction of sp³-hybridized carbons (Fsp3) is 0.182. The Kier molecular flexibility index (Phi) is 5.64. The molecule has 0 saturated heterocycles. The largest absolute Gasteiger partial charge is 0.481 e. The van der Waals surface area contributed by atoms with Gasteiger partial charge in [0.05, 0.1) is 12.3 Å². The van der Waals surface area contributed by atoms with Crippen LogP contribution in [0, 0.1) is 5.92 Å². The molecule has 0 aromatic heterocycles. The third-order valence-electron chi connectivity index (χ3n) is 4.32. The van der Waals surface area contributed by atoms with Crippen molar-refractivity contribution in [3.05, 3.63) is 83.9 Å². The van der Waals surface area contributed by atoms with Crippen LogP contribution in [-0.4, -0.2) is 17.0 Å². The molecule has 3 aromatic rings. The second-order valence-corrected chi connectivity index (χ2v) is 6.23. The third kappa shape index (κ3) is 4.48. The van der Waals surface area contributed by atoms with E-state index < -0.39 is 17.9 Å². The minimum absolute atomic E-state index is 0.144. The van der Waals surface area contributed by atoms with Gasteiger partial charge in [-0.3, -0.25) is 9.59 Å². The fourth-order valence-corrected chi connectivity index (χ4v) is 3.03. The number of carboxylic acid groups (broad SMARTS) is 1. The Bertz CT molecular complexity index is 897. The van der Waals surface area contributed by atoms with Crippen LogP contribution in [0.5, 0.6) is 0 Å². The second-order valence-electron chi connectivity index (χ2n) is 6.23. The Morgan fingerprint density at radius 2 is 1.58 bits per heavy atom. The molecule has 26 heavy (non-hydrogen) atoms. The van der Waals surface area contributed by atoms with Crippen LogP contribution >= 0.6 is 0 Å². The Morgan fingerprint density at radius 3 is 2.35 bits per heavy atom. The topological polar surface area (TPSA) is 63.6 Å². The molecule has 0 radical (unpaired) electrons. The minimum Gasteiger partial charge on any atom is -0.481 e. The second kappa shape index (κ2) is 8.30. The lowest BCUT2D eigenvalue weighted by atomic mass is 9.93. The SMILES string of the molecule is O=C(O)C[C@H](Cc1cccc2ccccc12)C(=O)OCc1ccccc1. The molecule has 0 aliphatic rings. The molecule has 0 aliphatic heterocycles. The van der Waals surface area contributed by atoms with Gasteiger partial charge in [-0.25, -0.2) is 0 Å². The molecule has 0 fully saturated rings. The number of rotatable bonds is 7. The molecule has 4 heteroatoms. The molecule has 1 atom stereocenters. The Balaban J connectivity index is 1.76. The maximum atomic E-state index is 12.5. The zero-order chi connectivity index (χ0) is 18.4. The van der Waals surface area contributed by atoms with Crippen molar-refractivity contribution in [1.82, 2.24) is 0 Å². The van der Waals surface area contributed by atoms with Gasteiger partial charge in [0.2, 0.25) is 0 Å². The van der Waals surface area contributed by atoms with Crippen molar-refractivity contribution in [3.63, 3.8) is 0 Å². The Hall–Kier alpha value is -3.14. The number of benzene rings is 3. The number of carbonyl (C=O) groups is 2. The van der Waals surface area contributed by atoms with E-state index in [4.69, 9.17) is 4.74 Å². The first kappa shape index (κ1) is 17.7. The molecule has 0 amide bonds. The summed E-state index contributed by atoms with van der Waals surface area (Å²) in [6.07, 6.45) is 0.0815. The summed E-state index contributed by atoms with van der Waals surface area (Å²) in [5.74, 6) is -2.21. The molecule has 0 saturated carbocycles. The van der Waals surface area contributed by atoms with E-state index in [2.05, 4.69) is 0 Å². The first-order chi connectivity index (χ1) is 12.6. The minimum atomic E-state index is -1.01. The van der Waals surface area contributed by atoms with Crippen molar-refractivity contribution in [2.75, 3.05) is 0 Å². The predicted octanol–water partition coefficient (Wildman–Crippen LogP) is 4.22. The Labute approximate surface area is 152 Å². The highest BCUT2D eigenvalue weighted by Crippen LogP contribution is 2.23. The molecule has 0 bridgehead atoms. The molecule has 0 unspecified atom stereocenters. The normalized spacial score (nSPS) is 11.8. The van der Waals surface area contributed by atoms with E-state index in [0.717, 1.165) is 21.9 Å². The van der Waals surface area contributed by atoms with Crippen molar-refractivity contribution in [3.8, 4) is 0 Å². The van der Waals surface area contributed by atoms with Crippen LogP contribution in [0.15, 0.2) is 72.8 Å². The van der Waals surface area contributed by atoms with Crippen LogP contribution in [0.1, 0.15) is 17.5 Å². The van der Waals surface area contributed by atoms with Crippen LogP contribution in [0.25, 0.3) is 10.8 Å². The third-order valence-corrected chi connectivity index (χ3v) is 4.32. The van der Waals surface area contributed by atoms with Crippen LogP contribution in [0.4, 0.5) is 0 Å². The zero-order valence-electron chi connectivity index (χ0n) is 14.3. The molecule has 132 valence electrons. The lowest BCUT2D eigenvalue weighted by Crippen LogP contribution is -2.23. The maximum absolute atomic E-state index is 12.5. The number of aliphatic carboxylic acids is 1. The van der Waals surface area contributed by atoms with E-state index in [1.807, 2.05) is 72.8 Å². The smallest absolute Gasteiger partial charge is 0.310 e. The number of hydrogen-bond acceptors (Lipinski definition) is 3. The number of carboxylic acids is 1. The van der Waals surface area contributed by atoms with Gasteiger partial charge in [0.1, 0.15) is 6.61 Å². The molecule has 0 heterocycles. The van der Waals surface area contributed by atoms with Gasteiger partial charge >= 0.3 is 11.9 Å². The zero-order valence-corrected chi connectivity index (χ0v) is 14.3. The lowest BCUT2D eigenvalue weighted by Gasteiger charge is -2.16. The van der Waals surface area contributed by atoms with Crippen molar-refractivity contribution < 1.29 is 19.4 Å². The number of carbonyl (C=O) groups excluding carboxylic acids is 1. The fourth-order valence-electron chi connectivity index (χ4n) is 3.03. The van der Waals surface area contributed by atoms with Crippen molar-refractivity contribution >= 4 is 22.7 Å². The number of fused-ring (bicyclic) bond motifs is 1. The summed E-state index contributed by atoms with van der Waals surface area (Å²) < 4.78 is 5.37. The molecule has 3 aromatic carbocycles. The summed E-state index contributed by atoms with van der Waals surface area (Å²) in [4.78, 5) is 23.7. The highest BCUT2D eigenvalue weighted by molar-refractivity contribution is 5.87. The summed E-state index contributed by atoms with van der Waals surface area (Å²) in [6.45, 7) is 0.144. The van der Waals surface area contributed by atoms with Crippen LogP contribution in [0.2, 0.25) is 0 Å². The number of ether oxygens (including phenoxy) is 1. The number of hydrogen-bond donors (Lipinski definition) is 1. The molecule has 4 nitrogen and oxygen atoms in total. The van der Waals surface area contributed by atoms with Crippen LogP contribution < -0.4 is 0 Å². The molecule has 0 spiro atoms. The van der Waals surface area contributed by atoms with Gasteiger partial charge in [-0.05, 0) is 28.3 Å². The summed E-state index contributed by atoms with van der Waals surface area (Å²) in [5.41, 5.74) is 1.83. The quantitative estimate of drug-likeness (QED) is 0.650. The van der Waals surface area contributed by atoms with Gasteiger partial charge in [-0.15, -0.1) is 0 Å². The van der Waals surface area contributed by atoms with E-state index in [1.54, 1.807) is 0 Å². The molecule has 3 rings (SSSR count). The van der Waals surface area contributed by atoms with Gasteiger partial charge in [-0.1, -0.05) is 72.8 Å². The summed E-state index contributed by atoms with van der Waals surface area (Å²) in [7, 11) is 0. The van der Waals surface area contributed by atoms with Crippen LogP contribution in [0.3, 0.4) is 0 Å². The summed E-state index contributed by atoms with van der Waals surface area (Å²) >= 11 is 0. The number of esters is 1. The molecule has 0 aliphatic carbocycles. The average molecular weight is 348 g/mol. The maximum Gasteiger partial charge on any atom is 0.310 e. The van der Waals surface area contributed by atoms with Crippen LogP contribution in [-0.2, 0) is 27.4 Å². The first-order valence-corrected chi connectivity index (χ1v) is 8.52. The average Bonchev–Trinajstić information content (AvgIpc) is 2.66. The van der Waals surface area contributed by atoms with Gasteiger partial charge in [0, 0.05) is 0 Å². The van der Waals surface area contributed by atoms with E-state index in [0.29, 0.717) is 6.42 Å². The highest BCUT2D eigenvalue weighted by atomic mass is 16.5. The van der Waals surface area contributed by atoms with Gasteiger partial charge in [-0.2, -0.15) is 0 Å². The first-order valence-electron chi connectivity index (χ1n) is 8.52. The predicted molar refractivity (Wildman–Crippen MR) is 99.6 cm³/mol. The lowest BCUT2D eigenvalue weighted by molar-refractivity contribution is -0.154. The molecular weight excluding hydrogens is 328 g/mol. The standard InChI is InChI=1S/C22H20O4/c23-21(24)14-19(22(25)26-15-16-7-2-1-3-8-16)13-18-11-6-10-17-9-4-5-12-20(17)18/h1-12,19H,13-15H2,(H,23,24)/t19-/m0/s1. The van der Waals surface area contributed by atoms with Gasteiger partial charge in [0.25, 0.3) is 0 Å². The van der Waals surface area contributed by atoms with E-state index >= 15 is 0 Å². The van der Waals surface area contributed by atoms with Crippen molar-refractivity contribution in [1.29, 1.82) is 0 Å². The monoisotopic (exact) mass is 348 g/mol. The summed E-state index contributed by atoms with van der Waals surface area (Å²) in [6, 6.07) is 23.1. The van der Waals surface area contributed by atoms with E-state index in [9.17, 15) is 14.7 Å². The molecule has 1 N–H and O–H groups in total. The van der Waals surface area contributed by atoms with Gasteiger partial charge < -0.3 is 9.84 Å². The van der Waals surface area contributed by atoms with Gasteiger partial charge in [0.15, 0.2) is 0 Å². The summed E-state index contributed by atoms with van der Waals surface area (Å²) in [5, 5.41) is 11.3. The van der Waals surface area contributed by atoms with E-state index in [1.165, 1.54) is 0 Å². The Morgan fingerprint density at radius 1 is 0.885 bits per heavy atom. The van der Waals surface area contributed by atoms with E-state index in [-0.39, 0.29) is 13.0 Å².